The number of nitrogens with zero attached hydrogens (tertiary/aromatic N) is 2. The van der Waals surface area contributed by atoms with Crippen molar-refractivity contribution in [1.29, 1.82) is 0 Å². The van der Waals surface area contributed by atoms with Crippen molar-refractivity contribution in [3.63, 3.8) is 0 Å². The summed E-state index contributed by atoms with van der Waals surface area (Å²) < 4.78 is 0. The smallest absolute Gasteiger partial charge is 0.311 e. The monoisotopic (exact) mass is 775 g/mol. The fourth-order valence-corrected chi connectivity index (χ4v) is 12.0. The topological polar surface area (TPSA) is 105 Å². The Morgan fingerprint density at radius 3 is 0.528 bits per heavy atom. The summed E-state index contributed by atoms with van der Waals surface area (Å²) in [6.07, 6.45) is 25.6. The van der Waals surface area contributed by atoms with E-state index in [4.69, 9.17) is 13.1 Å². The van der Waals surface area contributed by atoms with Crippen LogP contribution in [0.1, 0.15) is 144 Å². The van der Waals surface area contributed by atoms with E-state index >= 15 is 0 Å². The van der Waals surface area contributed by atoms with E-state index in [-0.39, 0.29) is 28.1 Å². The van der Waals surface area contributed by atoms with Gasteiger partial charge < -0.3 is 9.69 Å². The average Bonchev–Trinajstić information content (AvgIpc) is 3.87. The molecule has 8 N–H and O–H groups in total. The Balaban J connectivity index is 0.000000324. The molecule has 8 atom stereocenters. The molecule has 9 fully saturated rings. The van der Waals surface area contributed by atoms with Gasteiger partial charge in [0, 0.05) is 41.5 Å². The Hall–Kier alpha value is -0.821. The standard InChI is InChI=1S/C32H56N8.2C5H9N.Fe/c1-2-10-18-17(9-1)25-33-26(18)38-28-21-13-5-6-14-22(21)30(35-28)40-32-24-16-8-7-15-23(24)31(36-32)39-29-20-12-4-3-11-19(20)27(34-29)37-25;2*1-5(2,3)6-4;/h17-40H,1-16H2;2*1-3H3;/q;;;+2. The largest absolute Gasteiger partial charge is 2.00 e. The molecule has 11 heteroatoms. The van der Waals surface area contributed by atoms with E-state index < -0.39 is 0 Å². The molecule has 53 heavy (non-hydrogen) atoms. The molecule has 9 rings (SSSR count). The summed E-state index contributed by atoms with van der Waals surface area (Å²) in [5, 5.41) is 33.8. The molecule has 0 spiro atoms. The summed E-state index contributed by atoms with van der Waals surface area (Å²) in [5.41, 5.74) is -0.333. The third-order valence-electron chi connectivity index (χ3n) is 14.5. The molecule has 0 aromatic carbocycles. The van der Waals surface area contributed by atoms with Gasteiger partial charge in [0.05, 0.1) is 49.3 Å². The molecule has 0 amide bonds. The minimum absolute atomic E-state index is 0. The molecule has 0 radical (unpaired) electrons. The first-order valence-electron chi connectivity index (χ1n) is 21.8. The van der Waals surface area contributed by atoms with Crippen LogP contribution in [-0.4, -0.2) is 60.4 Å². The second kappa shape index (κ2) is 17.8. The van der Waals surface area contributed by atoms with Gasteiger partial charge in [0.25, 0.3) is 0 Å². The van der Waals surface area contributed by atoms with Gasteiger partial charge in [-0.05, 0) is 98.7 Å². The molecule has 10 nitrogen and oxygen atoms in total. The van der Waals surface area contributed by atoms with Gasteiger partial charge in [-0.1, -0.05) is 51.4 Å². The number of rotatable bonds is 0. The maximum atomic E-state index is 6.48. The van der Waals surface area contributed by atoms with Crippen molar-refractivity contribution in [2.45, 2.75) is 205 Å². The Morgan fingerprint density at radius 1 is 0.321 bits per heavy atom. The average molecular weight is 775 g/mol. The van der Waals surface area contributed by atoms with E-state index in [9.17, 15) is 0 Å². The van der Waals surface area contributed by atoms with Gasteiger partial charge >= 0.3 is 17.1 Å². The predicted molar refractivity (Wildman–Crippen MR) is 210 cm³/mol. The molecule has 4 aliphatic carbocycles. The molecular formula is C42H74FeN10+2. The van der Waals surface area contributed by atoms with Gasteiger partial charge in [0.2, 0.25) is 11.1 Å². The Bertz CT molecular complexity index is 1040. The molecule has 8 unspecified atom stereocenters. The molecule has 0 aromatic rings. The van der Waals surface area contributed by atoms with Crippen LogP contribution in [0.25, 0.3) is 9.69 Å². The van der Waals surface area contributed by atoms with Crippen LogP contribution in [0, 0.1) is 60.5 Å². The minimum Gasteiger partial charge on any atom is -0.311 e. The zero-order valence-corrected chi connectivity index (χ0v) is 34.9. The van der Waals surface area contributed by atoms with Crippen molar-refractivity contribution in [1.82, 2.24) is 42.5 Å². The molecule has 5 heterocycles. The summed E-state index contributed by atoms with van der Waals surface area (Å²) in [6.45, 7) is 24.3. The zero-order valence-electron chi connectivity index (χ0n) is 33.8. The van der Waals surface area contributed by atoms with Crippen LogP contribution in [0.15, 0.2) is 0 Å². The van der Waals surface area contributed by atoms with Gasteiger partial charge in [-0.25, -0.2) is 13.1 Å². The van der Waals surface area contributed by atoms with Crippen molar-refractivity contribution in [3.8, 4) is 0 Å². The SMILES string of the molecule is C1CCC2C3NC(NC4NC(NC5NC(NC6NC(N3)C3CCCCC63)C3CCCCC53)C3CCCCC43)C2C1.[C-]#[N+]C(C)(C)C.[C-]#[N+]C(C)(C)C.[Fe+2]. The van der Waals surface area contributed by atoms with E-state index in [2.05, 4.69) is 52.2 Å². The van der Waals surface area contributed by atoms with Gasteiger partial charge in [-0.2, -0.15) is 0 Å². The van der Waals surface area contributed by atoms with Gasteiger partial charge in [0.1, 0.15) is 0 Å². The number of fused-ring (bicyclic) bond motifs is 20. The van der Waals surface area contributed by atoms with Crippen LogP contribution < -0.4 is 42.5 Å². The number of hydrogen-bond acceptors (Lipinski definition) is 8. The fraction of sp³-hybridized carbons (Fsp3) is 0.952. The summed E-state index contributed by atoms with van der Waals surface area (Å²) in [4.78, 5) is 6.54. The first kappa shape index (κ1) is 41.8. The molecule has 8 bridgehead atoms. The maximum absolute atomic E-state index is 6.48. The zero-order chi connectivity index (χ0) is 36.6. The minimum atomic E-state index is -0.167. The van der Waals surface area contributed by atoms with E-state index in [1.54, 1.807) is 0 Å². The van der Waals surface area contributed by atoms with Gasteiger partial charge in [-0.15, -0.1) is 0 Å². The predicted octanol–water partition coefficient (Wildman–Crippen LogP) is 6.01. The van der Waals surface area contributed by atoms with E-state index in [0.717, 1.165) is 47.3 Å². The second-order valence-electron chi connectivity index (χ2n) is 20.2. The van der Waals surface area contributed by atoms with Crippen molar-refractivity contribution >= 4 is 0 Å². The number of nitrogens with one attached hydrogen (secondary N) is 8. The van der Waals surface area contributed by atoms with Crippen molar-refractivity contribution < 1.29 is 17.1 Å². The Labute approximate surface area is 333 Å². The first-order chi connectivity index (χ1) is 24.9. The third-order valence-corrected chi connectivity index (χ3v) is 14.5. The van der Waals surface area contributed by atoms with Crippen LogP contribution in [-0.2, 0) is 17.1 Å². The number of hydrogen-bond donors (Lipinski definition) is 8. The van der Waals surface area contributed by atoms with Crippen LogP contribution >= 0.6 is 0 Å². The normalized spacial score (nSPS) is 45.8. The molecule has 0 aromatic heterocycles. The van der Waals surface area contributed by atoms with Crippen LogP contribution in [0.2, 0.25) is 0 Å². The second-order valence-corrected chi connectivity index (χ2v) is 20.2. The summed E-state index contributed by atoms with van der Waals surface area (Å²) in [5.74, 6) is 5.97. The fourth-order valence-electron chi connectivity index (χ4n) is 12.0. The van der Waals surface area contributed by atoms with Crippen LogP contribution in [0.4, 0.5) is 0 Å². The molecule has 5 aliphatic heterocycles. The van der Waals surface area contributed by atoms with Crippen molar-refractivity contribution in [2.24, 2.45) is 47.3 Å². The first-order valence-corrected chi connectivity index (χ1v) is 21.8. The molecule has 5 saturated heterocycles. The third kappa shape index (κ3) is 9.66. The maximum Gasteiger partial charge on any atom is 2.00 e. The summed E-state index contributed by atoms with van der Waals surface area (Å²) in [7, 11) is 0. The van der Waals surface area contributed by atoms with Crippen molar-refractivity contribution in [3.05, 3.63) is 22.8 Å². The Morgan fingerprint density at radius 2 is 0.434 bits per heavy atom. The van der Waals surface area contributed by atoms with Crippen LogP contribution in [0.3, 0.4) is 0 Å². The quantitative estimate of drug-likeness (QED) is 0.112. The Kier molecular flexibility index (Phi) is 14.0. The molecule has 298 valence electrons. The molecule has 9 aliphatic rings. The molecule has 4 saturated carbocycles. The van der Waals surface area contributed by atoms with E-state index in [1.165, 1.54) is 103 Å². The van der Waals surface area contributed by atoms with Crippen LogP contribution in [0.5, 0.6) is 0 Å². The summed E-state index contributed by atoms with van der Waals surface area (Å²) in [6, 6.07) is 0. The molecular weight excluding hydrogens is 700 g/mol. The van der Waals surface area contributed by atoms with Gasteiger partial charge in [-0.3, -0.25) is 42.5 Å². The van der Waals surface area contributed by atoms with E-state index in [1.807, 2.05) is 41.5 Å². The van der Waals surface area contributed by atoms with Gasteiger partial charge in [0.15, 0.2) is 0 Å². The summed E-state index contributed by atoms with van der Waals surface area (Å²) >= 11 is 0. The van der Waals surface area contributed by atoms with E-state index in [0.29, 0.717) is 49.3 Å². The van der Waals surface area contributed by atoms with Crippen molar-refractivity contribution in [2.75, 3.05) is 0 Å².